The summed E-state index contributed by atoms with van der Waals surface area (Å²) in [5, 5.41) is 3.24. The van der Waals surface area contributed by atoms with E-state index in [0.29, 0.717) is 0 Å². The summed E-state index contributed by atoms with van der Waals surface area (Å²) >= 11 is 0. The third-order valence-corrected chi connectivity index (χ3v) is 2.74. The molecule has 17 heavy (non-hydrogen) atoms. The molecule has 3 nitrogen and oxygen atoms in total. The lowest BCUT2D eigenvalue weighted by Crippen LogP contribution is -2.22. The second-order valence-corrected chi connectivity index (χ2v) is 3.87. The van der Waals surface area contributed by atoms with Crippen molar-refractivity contribution in [3.63, 3.8) is 0 Å². The molecule has 0 aliphatic rings. The van der Waals surface area contributed by atoms with Crippen LogP contribution in [0.5, 0.6) is 5.75 Å². The standard InChI is InChI=1S/C14H24N2O/c1-4-15-10-11-17-14-9-7-8-13(12-14)16(5-2)6-3/h7-9,12,15H,4-6,10-11H2,1-3H3. The second kappa shape index (κ2) is 7.96. The molecule has 0 unspecified atom stereocenters. The van der Waals surface area contributed by atoms with Gasteiger partial charge in [-0.25, -0.2) is 0 Å². The van der Waals surface area contributed by atoms with Gasteiger partial charge in [0.1, 0.15) is 12.4 Å². The molecular formula is C14H24N2O. The molecule has 0 spiro atoms. The number of hydrogen-bond acceptors (Lipinski definition) is 3. The predicted octanol–water partition coefficient (Wildman–Crippen LogP) is 2.52. The zero-order valence-electron chi connectivity index (χ0n) is 11.2. The summed E-state index contributed by atoms with van der Waals surface area (Å²) < 4.78 is 5.70. The summed E-state index contributed by atoms with van der Waals surface area (Å²) in [5.41, 5.74) is 1.23. The van der Waals surface area contributed by atoms with Crippen LogP contribution in [0.15, 0.2) is 24.3 Å². The largest absolute Gasteiger partial charge is 0.492 e. The molecule has 0 bridgehead atoms. The molecule has 0 aromatic heterocycles. The molecule has 3 heteroatoms. The van der Waals surface area contributed by atoms with Gasteiger partial charge in [0.2, 0.25) is 0 Å². The average molecular weight is 236 g/mol. The summed E-state index contributed by atoms with van der Waals surface area (Å²) in [5.74, 6) is 0.951. The zero-order chi connectivity index (χ0) is 12.5. The van der Waals surface area contributed by atoms with Crippen molar-refractivity contribution in [2.24, 2.45) is 0 Å². The Morgan fingerprint density at radius 2 is 1.94 bits per heavy atom. The quantitative estimate of drug-likeness (QED) is 0.702. The highest BCUT2D eigenvalue weighted by Gasteiger charge is 2.02. The summed E-state index contributed by atoms with van der Waals surface area (Å²) in [6.07, 6.45) is 0. The third-order valence-electron chi connectivity index (χ3n) is 2.74. The number of nitrogens with zero attached hydrogens (tertiary/aromatic N) is 1. The van der Waals surface area contributed by atoms with Gasteiger partial charge in [0, 0.05) is 31.4 Å². The van der Waals surface area contributed by atoms with E-state index in [9.17, 15) is 0 Å². The maximum absolute atomic E-state index is 5.70. The topological polar surface area (TPSA) is 24.5 Å². The summed E-state index contributed by atoms with van der Waals surface area (Å²) in [4.78, 5) is 2.32. The fraction of sp³-hybridized carbons (Fsp3) is 0.571. The van der Waals surface area contributed by atoms with Crippen molar-refractivity contribution in [3.8, 4) is 5.75 Å². The van der Waals surface area contributed by atoms with E-state index in [1.165, 1.54) is 5.69 Å². The van der Waals surface area contributed by atoms with E-state index >= 15 is 0 Å². The van der Waals surface area contributed by atoms with E-state index < -0.39 is 0 Å². The smallest absolute Gasteiger partial charge is 0.121 e. The number of likely N-dealkylation sites (N-methyl/N-ethyl adjacent to an activating group) is 1. The minimum absolute atomic E-state index is 0.718. The molecule has 1 rings (SSSR count). The van der Waals surface area contributed by atoms with E-state index in [4.69, 9.17) is 4.74 Å². The molecule has 1 aromatic rings. The number of anilines is 1. The van der Waals surface area contributed by atoms with Crippen LogP contribution in [0.3, 0.4) is 0 Å². The molecule has 0 aliphatic heterocycles. The lowest BCUT2D eigenvalue weighted by Gasteiger charge is -2.21. The Morgan fingerprint density at radius 3 is 2.59 bits per heavy atom. The SMILES string of the molecule is CCNCCOc1cccc(N(CC)CC)c1. The Bertz CT molecular complexity index is 311. The van der Waals surface area contributed by atoms with Crippen molar-refractivity contribution in [1.29, 1.82) is 0 Å². The summed E-state index contributed by atoms with van der Waals surface area (Å²) in [7, 11) is 0. The molecule has 1 aromatic carbocycles. The molecule has 0 saturated heterocycles. The minimum atomic E-state index is 0.718. The van der Waals surface area contributed by atoms with Gasteiger partial charge in [0.05, 0.1) is 0 Å². The van der Waals surface area contributed by atoms with E-state index in [0.717, 1.165) is 38.5 Å². The highest BCUT2D eigenvalue weighted by Crippen LogP contribution is 2.20. The molecule has 1 N–H and O–H groups in total. The zero-order valence-corrected chi connectivity index (χ0v) is 11.2. The van der Waals surface area contributed by atoms with Crippen molar-refractivity contribution in [1.82, 2.24) is 5.32 Å². The first-order valence-corrected chi connectivity index (χ1v) is 6.50. The van der Waals surface area contributed by atoms with Crippen LogP contribution >= 0.6 is 0 Å². The lowest BCUT2D eigenvalue weighted by atomic mass is 10.2. The molecule has 96 valence electrons. The first kappa shape index (κ1) is 13.8. The number of hydrogen-bond donors (Lipinski definition) is 1. The van der Waals surface area contributed by atoms with Crippen LogP contribution in [0.4, 0.5) is 5.69 Å². The van der Waals surface area contributed by atoms with E-state index in [1.807, 2.05) is 6.07 Å². The second-order valence-electron chi connectivity index (χ2n) is 3.87. The fourth-order valence-corrected chi connectivity index (χ4v) is 1.78. The minimum Gasteiger partial charge on any atom is -0.492 e. The van der Waals surface area contributed by atoms with Gasteiger partial charge in [-0.3, -0.25) is 0 Å². The Labute approximate surface area is 105 Å². The van der Waals surface area contributed by atoms with Crippen molar-refractivity contribution in [2.75, 3.05) is 37.7 Å². The van der Waals surface area contributed by atoms with E-state index in [-0.39, 0.29) is 0 Å². The maximum Gasteiger partial charge on any atom is 0.121 e. The van der Waals surface area contributed by atoms with Crippen LogP contribution in [0.1, 0.15) is 20.8 Å². The van der Waals surface area contributed by atoms with Crippen LogP contribution in [-0.2, 0) is 0 Å². The maximum atomic E-state index is 5.70. The first-order chi connectivity index (χ1) is 8.31. The number of benzene rings is 1. The Kier molecular flexibility index (Phi) is 6.48. The van der Waals surface area contributed by atoms with Gasteiger partial charge in [-0.2, -0.15) is 0 Å². The number of rotatable bonds is 8. The molecule has 0 radical (unpaired) electrons. The van der Waals surface area contributed by atoms with Gasteiger partial charge < -0.3 is 15.0 Å². The highest BCUT2D eigenvalue weighted by atomic mass is 16.5. The fourth-order valence-electron chi connectivity index (χ4n) is 1.78. The van der Waals surface area contributed by atoms with Crippen LogP contribution in [0, 0.1) is 0 Å². The van der Waals surface area contributed by atoms with Gasteiger partial charge in [0.15, 0.2) is 0 Å². The van der Waals surface area contributed by atoms with Crippen LogP contribution in [0.2, 0.25) is 0 Å². The predicted molar refractivity (Wildman–Crippen MR) is 74.0 cm³/mol. The highest BCUT2D eigenvalue weighted by molar-refractivity contribution is 5.50. The van der Waals surface area contributed by atoms with Crippen molar-refractivity contribution >= 4 is 5.69 Å². The molecule has 0 fully saturated rings. The van der Waals surface area contributed by atoms with Crippen molar-refractivity contribution < 1.29 is 4.74 Å². The summed E-state index contributed by atoms with van der Waals surface area (Å²) in [6.45, 7) is 11.1. The monoisotopic (exact) mass is 236 g/mol. The van der Waals surface area contributed by atoms with Crippen LogP contribution in [-0.4, -0.2) is 32.8 Å². The number of ether oxygens (including phenoxy) is 1. The molecule has 0 amide bonds. The van der Waals surface area contributed by atoms with Gasteiger partial charge >= 0.3 is 0 Å². The Morgan fingerprint density at radius 1 is 1.18 bits per heavy atom. The lowest BCUT2D eigenvalue weighted by molar-refractivity contribution is 0.315. The first-order valence-electron chi connectivity index (χ1n) is 6.50. The van der Waals surface area contributed by atoms with E-state index in [1.54, 1.807) is 0 Å². The molecule has 0 heterocycles. The van der Waals surface area contributed by atoms with Crippen molar-refractivity contribution in [2.45, 2.75) is 20.8 Å². The molecule has 0 aliphatic carbocycles. The molecular weight excluding hydrogens is 212 g/mol. The normalized spacial score (nSPS) is 10.3. The van der Waals surface area contributed by atoms with Crippen LogP contribution in [0.25, 0.3) is 0 Å². The third kappa shape index (κ3) is 4.65. The average Bonchev–Trinajstić information content (AvgIpc) is 2.37. The van der Waals surface area contributed by atoms with Gasteiger partial charge in [-0.15, -0.1) is 0 Å². The number of nitrogens with one attached hydrogen (secondary N) is 1. The van der Waals surface area contributed by atoms with Crippen LogP contribution < -0.4 is 15.0 Å². The van der Waals surface area contributed by atoms with E-state index in [2.05, 4.69) is 49.2 Å². The molecule has 0 saturated carbocycles. The Balaban J connectivity index is 2.53. The Hall–Kier alpha value is -1.22. The van der Waals surface area contributed by atoms with Gasteiger partial charge in [0.25, 0.3) is 0 Å². The van der Waals surface area contributed by atoms with Gasteiger partial charge in [-0.1, -0.05) is 13.0 Å². The summed E-state index contributed by atoms with van der Waals surface area (Å²) in [6, 6.07) is 8.30. The van der Waals surface area contributed by atoms with Gasteiger partial charge in [-0.05, 0) is 32.5 Å². The van der Waals surface area contributed by atoms with Crippen molar-refractivity contribution in [3.05, 3.63) is 24.3 Å². The molecule has 0 atom stereocenters.